The van der Waals surface area contributed by atoms with Gasteiger partial charge in [-0.1, -0.05) is 31.6 Å². The Morgan fingerprint density at radius 2 is 2.20 bits per heavy atom. The van der Waals surface area contributed by atoms with Gasteiger partial charge < -0.3 is 5.32 Å². The lowest BCUT2D eigenvalue weighted by Crippen LogP contribution is -2.29. The first-order chi connectivity index (χ1) is 7.33. The van der Waals surface area contributed by atoms with Gasteiger partial charge in [0.05, 0.1) is 5.75 Å². The molecule has 0 aromatic rings. The van der Waals surface area contributed by atoms with E-state index in [1.165, 1.54) is 32.1 Å². The summed E-state index contributed by atoms with van der Waals surface area (Å²) in [5.41, 5.74) is 0. The fourth-order valence-electron chi connectivity index (χ4n) is 2.34. The summed E-state index contributed by atoms with van der Waals surface area (Å²) >= 11 is 1.84. The summed E-state index contributed by atoms with van der Waals surface area (Å²) in [4.78, 5) is 0. The van der Waals surface area contributed by atoms with E-state index in [9.17, 15) is 0 Å². The first-order valence-corrected chi connectivity index (χ1v) is 7.23. The van der Waals surface area contributed by atoms with E-state index in [4.69, 9.17) is 6.42 Å². The molecule has 1 aliphatic rings. The third-order valence-electron chi connectivity index (χ3n) is 3.09. The van der Waals surface area contributed by atoms with Crippen LogP contribution >= 0.6 is 11.8 Å². The molecule has 0 aromatic heterocycles. The SMILES string of the molecule is C#CCSCCNC(C)CC1CCCC1. The Balaban J connectivity index is 1.93. The summed E-state index contributed by atoms with van der Waals surface area (Å²) in [5, 5.41) is 3.58. The van der Waals surface area contributed by atoms with Gasteiger partial charge in [-0.15, -0.1) is 18.2 Å². The molecule has 1 fully saturated rings. The van der Waals surface area contributed by atoms with Crippen LogP contribution < -0.4 is 5.32 Å². The van der Waals surface area contributed by atoms with Crippen molar-refractivity contribution >= 4 is 11.8 Å². The number of thioether (sulfide) groups is 1. The maximum Gasteiger partial charge on any atom is 0.0545 e. The van der Waals surface area contributed by atoms with Gasteiger partial charge >= 0.3 is 0 Å². The molecule has 0 aromatic carbocycles. The van der Waals surface area contributed by atoms with E-state index in [2.05, 4.69) is 18.2 Å². The van der Waals surface area contributed by atoms with Gasteiger partial charge in [0.1, 0.15) is 0 Å². The van der Waals surface area contributed by atoms with Gasteiger partial charge in [0, 0.05) is 18.3 Å². The van der Waals surface area contributed by atoms with E-state index in [0.717, 1.165) is 24.0 Å². The molecule has 0 spiro atoms. The highest BCUT2D eigenvalue weighted by Gasteiger charge is 2.17. The van der Waals surface area contributed by atoms with Gasteiger partial charge in [0.25, 0.3) is 0 Å². The number of hydrogen-bond acceptors (Lipinski definition) is 2. The molecule has 1 nitrogen and oxygen atoms in total. The lowest BCUT2D eigenvalue weighted by Gasteiger charge is -2.17. The molecular formula is C13H23NS. The Morgan fingerprint density at radius 1 is 1.47 bits per heavy atom. The smallest absolute Gasteiger partial charge is 0.0545 e. The number of nitrogens with one attached hydrogen (secondary N) is 1. The molecule has 15 heavy (non-hydrogen) atoms. The second-order valence-corrected chi connectivity index (χ2v) is 5.60. The number of terminal acetylenes is 1. The first-order valence-electron chi connectivity index (χ1n) is 6.07. The molecule has 1 N–H and O–H groups in total. The van der Waals surface area contributed by atoms with Crippen molar-refractivity contribution in [2.45, 2.75) is 45.1 Å². The monoisotopic (exact) mass is 225 g/mol. The molecule has 2 heteroatoms. The van der Waals surface area contributed by atoms with Crippen molar-refractivity contribution in [3.8, 4) is 12.3 Å². The van der Waals surface area contributed by atoms with E-state index >= 15 is 0 Å². The minimum Gasteiger partial charge on any atom is -0.313 e. The van der Waals surface area contributed by atoms with Crippen LogP contribution in [0.25, 0.3) is 0 Å². The van der Waals surface area contributed by atoms with Crippen LogP contribution in [0, 0.1) is 18.3 Å². The van der Waals surface area contributed by atoms with Gasteiger partial charge in [-0.25, -0.2) is 0 Å². The Labute approximate surface area is 98.8 Å². The van der Waals surface area contributed by atoms with Gasteiger partial charge in [-0.05, 0) is 19.3 Å². The fourth-order valence-corrected chi connectivity index (χ4v) is 2.86. The molecule has 1 aliphatic carbocycles. The Morgan fingerprint density at radius 3 is 2.87 bits per heavy atom. The fraction of sp³-hybridized carbons (Fsp3) is 0.846. The van der Waals surface area contributed by atoms with Crippen molar-refractivity contribution in [1.82, 2.24) is 5.32 Å². The summed E-state index contributed by atoms with van der Waals surface area (Å²) in [7, 11) is 0. The summed E-state index contributed by atoms with van der Waals surface area (Å²) < 4.78 is 0. The normalized spacial score (nSPS) is 18.9. The van der Waals surface area contributed by atoms with Crippen LogP contribution in [0.15, 0.2) is 0 Å². The zero-order valence-corrected chi connectivity index (χ0v) is 10.6. The highest BCUT2D eigenvalue weighted by molar-refractivity contribution is 7.99. The summed E-state index contributed by atoms with van der Waals surface area (Å²) in [6.45, 7) is 3.41. The van der Waals surface area contributed by atoms with Crippen LogP contribution in [-0.4, -0.2) is 24.1 Å². The molecule has 0 bridgehead atoms. The molecular weight excluding hydrogens is 202 g/mol. The molecule has 0 heterocycles. The molecule has 1 rings (SSSR count). The van der Waals surface area contributed by atoms with E-state index in [1.807, 2.05) is 11.8 Å². The van der Waals surface area contributed by atoms with Gasteiger partial charge in [0.15, 0.2) is 0 Å². The molecule has 1 saturated carbocycles. The number of rotatable bonds is 7. The molecule has 0 saturated heterocycles. The Kier molecular flexibility index (Phi) is 6.96. The van der Waals surface area contributed by atoms with Gasteiger partial charge in [-0.3, -0.25) is 0 Å². The Bertz CT molecular complexity index is 191. The largest absolute Gasteiger partial charge is 0.313 e. The molecule has 1 unspecified atom stereocenters. The third kappa shape index (κ3) is 6.12. The van der Waals surface area contributed by atoms with Gasteiger partial charge in [-0.2, -0.15) is 0 Å². The zero-order valence-electron chi connectivity index (χ0n) is 9.80. The maximum atomic E-state index is 5.19. The van der Waals surface area contributed by atoms with Gasteiger partial charge in [0.2, 0.25) is 0 Å². The second-order valence-electron chi connectivity index (χ2n) is 4.50. The molecule has 86 valence electrons. The minimum absolute atomic E-state index is 0.680. The van der Waals surface area contributed by atoms with Crippen LogP contribution in [0.2, 0.25) is 0 Å². The third-order valence-corrected chi connectivity index (χ3v) is 3.95. The van der Waals surface area contributed by atoms with Crippen LogP contribution in [0.5, 0.6) is 0 Å². The quantitative estimate of drug-likeness (QED) is 0.528. The van der Waals surface area contributed by atoms with E-state index in [0.29, 0.717) is 6.04 Å². The lowest BCUT2D eigenvalue weighted by atomic mass is 9.99. The second kappa shape index (κ2) is 8.07. The van der Waals surface area contributed by atoms with Crippen LogP contribution in [0.4, 0.5) is 0 Å². The van der Waals surface area contributed by atoms with Crippen LogP contribution in [-0.2, 0) is 0 Å². The molecule has 0 aliphatic heterocycles. The van der Waals surface area contributed by atoms with Crippen molar-refractivity contribution < 1.29 is 0 Å². The number of hydrogen-bond donors (Lipinski definition) is 1. The van der Waals surface area contributed by atoms with Crippen LogP contribution in [0.3, 0.4) is 0 Å². The minimum atomic E-state index is 0.680. The van der Waals surface area contributed by atoms with E-state index < -0.39 is 0 Å². The van der Waals surface area contributed by atoms with Crippen molar-refractivity contribution in [2.24, 2.45) is 5.92 Å². The predicted molar refractivity (Wildman–Crippen MR) is 70.2 cm³/mol. The maximum absolute atomic E-state index is 5.19. The average molecular weight is 225 g/mol. The molecule has 0 amide bonds. The zero-order chi connectivity index (χ0) is 10.9. The first kappa shape index (κ1) is 12.9. The average Bonchev–Trinajstić information content (AvgIpc) is 2.70. The van der Waals surface area contributed by atoms with Crippen molar-refractivity contribution in [1.29, 1.82) is 0 Å². The van der Waals surface area contributed by atoms with Crippen molar-refractivity contribution in [3.05, 3.63) is 0 Å². The topological polar surface area (TPSA) is 12.0 Å². The highest BCUT2D eigenvalue weighted by Crippen LogP contribution is 2.28. The summed E-state index contributed by atoms with van der Waals surface area (Å²) in [6.07, 6.45) is 12.4. The standard InChI is InChI=1S/C13H23NS/c1-3-9-15-10-8-14-12(2)11-13-6-4-5-7-13/h1,12-14H,4-11H2,2H3. The van der Waals surface area contributed by atoms with E-state index in [1.54, 1.807) is 0 Å². The highest BCUT2D eigenvalue weighted by atomic mass is 32.2. The van der Waals surface area contributed by atoms with Crippen molar-refractivity contribution in [2.75, 3.05) is 18.1 Å². The van der Waals surface area contributed by atoms with Crippen LogP contribution in [0.1, 0.15) is 39.0 Å². The Hall–Kier alpha value is -0.130. The summed E-state index contributed by atoms with van der Waals surface area (Å²) in [6, 6.07) is 0.680. The van der Waals surface area contributed by atoms with Crippen molar-refractivity contribution in [3.63, 3.8) is 0 Å². The molecule has 1 atom stereocenters. The predicted octanol–water partition coefficient (Wildman–Crippen LogP) is 2.91. The summed E-state index contributed by atoms with van der Waals surface area (Å²) in [5.74, 6) is 5.63. The molecule has 0 radical (unpaired) electrons. The lowest BCUT2D eigenvalue weighted by molar-refractivity contribution is 0.412. The van der Waals surface area contributed by atoms with E-state index in [-0.39, 0.29) is 0 Å².